The molecule has 8 heteroatoms. The molecule has 0 saturated carbocycles. The van der Waals surface area contributed by atoms with Crippen molar-refractivity contribution in [1.82, 2.24) is 0 Å². The number of carbonyl (C=O) groups excluding carboxylic acids is 1. The molecule has 3 aliphatic rings. The number of anilines is 1. The largest absolute Gasteiger partial charge is 0.328 e. The lowest BCUT2D eigenvalue weighted by molar-refractivity contribution is -0.519. The van der Waals surface area contributed by atoms with Gasteiger partial charge in [-0.2, -0.15) is 0 Å². The third-order valence-electron chi connectivity index (χ3n) is 6.71. The maximum Gasteiger partial charge on any atom is 0.328 e. The van der Waals surface area contributed by atoms with Crippen LogP contribution in [0.3, 0.4) is 0 Å². The van der Waals surface area contributed by atoms with E-state index >= 15 is 0 Å². The van der Waals surface area contributed by atoms with Gasteiger partial charge in [-0.05, 0) is 41.3 Å². The van der Waals surface area contributed by atoms with E-state index in [9.17, 15) is 14.9 Å². The van der Waals surface area contributed by atoms with E-state index in [1.807, 2.05) is 78.9 Å². The van der Waals surface area contributed by atoms with Crippen molar-refractivity contribution < 1.29 is 9.72 Å². The molecule has 0 fully saturated rings. The van der Waals surface area contributed by atoms with E-state index in [-0.39, 0.29) is 10.8 Å². The fourth-order valence-electron chi connectivity index (χ4n) is 5.41. The lowest BCUT2D eigenvalue weighted by atomic mass is 9.74. The number of carbonyl (C=O) groups is 1. The second-order valence-corrected chi connectivity index (χ2v) is 10.4. The highest BCUT2D eigenvalue weighted by Gasteiger charge is 2.77. The SMILES string of the molecule is CSC1=N[C@@]2(C(=O)N(Cc3ccccc3)c3ccccc32)[C@@H]2c3ccccc3S[C@]12[N+](=O)[O-]. The van der Waals surface area contributed by atoms with Gasteiger partial charge in [-0.25, -0.2) is 0 Å². The zero-order valence-electron chi connectivity index (χ0n) is 17.7. The first kappa shape index (κ1) is 20.5. The van der Waals surface area contributed by atoms with Gasteiger partial charge < -0.3 is 4.90 Å². The van der Waals surface area contributed by atoms with Crippen LogP contribution in [0.2, 0.25) is 0 Å². The summed E-state index contributed by atoms with van der Waals surface area (Å²) in [5.74, 6) is -0.928. The molecule has 1 amide bonds. The minimum atomic E-state index is -1.52. The number of benzene rings is 3. The molecule has 3 atom stereocenters. The summed E-state index contributed by atoms with van der Waals surface area (Å²) >= 11 is 2.48. The first-order valence-electron chi connectivity index (χ1n) is 10.6. The van der Waals surface area contributed by atoms with Crippen molar-refractivity contribution >= 4 is 40.2 Å². The van der Waals surface area contributed by atoms with Gasteiger partial charge >= 0.3 is 4.87 Å². The molecule has 0 saturated heterocycles. The molecule has 164 valence electrons. The summed E-state index contributed by atoms with van der Waals surface area (Å²) in [5.41, 5.74) is 1.95. The number of rotatable bonds is 3. The van der Waals surface area contributed by atoms with Crippen LogP contribution in [-0.2, 0) is 16.9 Å². The molecule has 0 N–H and O–H groups in total. The summed E-state index contributed by atoms with van der Waals surface area (Å²) in [6.45, 7) is 0.384. The molecule has 33 heavy (non-hydrogen) atoms. The summed E-state index contributed by atoms with van der Waals surface area (Å²) in [5, 5.41) is 13.1. The fourth-order valence-corrected chi connectivity index (χ4v) is 7.92. The molecule has 6 rings (SSSR count). The van der Waals surface area contributed by atoms with Crippen LogP contribution in [-0.4, -0.2) is 27.0 Å². The van der Waals surface area contributed by atoms with E-state index in [1.165, 1.54) is 23.5 Å². The molecule has 0 aromatic heterocycles. The van der Waals surface area contributed by atoms with Crippen molar-refractivity contribution in [2.75, 3.05) is 11.2 Å². The molecule has 3 aromatic rings. The van der Waals surface area contributed by atoms with Crippen LogP contribution >= 0.6 is 23.5 Å². The fraction of sp³-hybridized carbons (Fsp3) is 0.200. The normalized spacial score (nSPS) is 26.8. The first-order valence-corrected chi connectivity index (χ1v) is 12.6. The zero-order chi connectivity index (χ0) is 22.8. The Bertz CT molecular complexity index is 1350. The highest BCUT2D eigenvalue weighted by molar-refractivity contribution is 8.16. The molecule has 6 nitrogen and oxygen atoms in total. The van der Waals surface area contributed by atoms with Crippen molar-refractivity contribution in [2.24, 2.45) is 4.99 Å². The molecule has 1 spiro atoms. The van der Waals surface area contributed by atoms with Crippen LogP contribution in [0.1, 0.15) is 22.6 Å². The van der Waals surface area contributed by atoms with Crippen LogP contribution in [0.15, 0.2) is 88.8 Å². The van der Waals surface area contributed by atoms with E-state index < -0.39 is 16.3 Å². The van der Waals surface area contributed by atoms with E-state index in [4.69, 9.17) is 4.99 Å². The Morgan fingerprint density at radius 3 is 2.52 bits per heavy atom. The van der Waals surface area contributed by atoms with E-state index in [0.29, 0.717) is 11.6 Å². The van der Waals surface area contributed by atoms with Gasteiger partial charge in [0.2, 0.25) is 0 Å². The summed E-state index contributed by atoms with van der Waals surface area (Å²) < 4.78 is 0. The molecule has 3 aliphatic heterocycles. The third kappa shape index (κ3) is 2.53. The van der Waals surface area contributed by atoms with Crippen molar-refractivity contribution in [2.45, 2.75) is 27.8 Å². The average Bonchev–Trinajstić information content (AvgIpc) is 3.42. The van der Waals surface area contributed by atoms with Gasteiger partial charge in [0.25, 0.3) is 5.91 Å². The molecule has 0 bridgehead atoms. The van der Waals surface area contributed by atoms with Gasteiger partial charge in [0, 0.05) is 15.4 Å². The molecular formula is C25H19N3O3S2. The number of aliphatic imine (C=N–C) groups is 1. The number of nitro groups is 1. The standard InChI is InChI=1S/C25H19N3O3S2/c1-32-22-25(28(30)31)21(17-11-5-8-14-20(17)33-25)24(26-22)18-12-6-7-13-19(18)27(23(24)29)15-16-9-3-2-4-10-16/h2-14,21H,15H2,1H3/t21-,24+,25-/m0/s1. The lowest BCUT2D eigenvalue weighted by Crippen LogP contribution is -2.49. The van der Waals surface area contributed by atoms with E-state index in [2.05, 4.69) is 0 Å². The predicted octanol–water partition coefficient (Wildman–Crippen LogP) is 5.07. The maximum atomic E-state index is 14.3. The number of hydrogen-bond donors (Lipinski definition) is 0. The Hall–Kier alpha value is -3.10. The second-order valence-electron chi connectivity index (χ2n) is 8.31. The first-order chi connectivity index (χ1) is 16.0. The Kier molecular flexibility index (Phi) is 4.47. The van der Waals surface area contributed by atoms with Crippen LogP contribution < -0.4 is 4.90 Å². The maximum absolute atomic E-state index is 14.3. The van der Waals surface area contributed by atoms with Gasteiger partial charge in [0.15, 0.2) is 10.6 Å². The number of nitrogens with zero attached hydrogens (tertiary/aromatic N) is 3. The summed E-state index contributed by atoms with van der Waals surface area (Å²) in [6, 6.07) is 25.0. The molecule has 3 heterocycles. The van der Waals surface area contributed by atoms with Crippen molar-refractivity contribution in [3.8, 4) is 0 Å². The topological polar surface area (TPSA) is 75.8 Å². The van der Waals surface area contributed by atoms with Gasteiger partial charge in [0.1, 0.15) is 5.92 Å². The smallest absolute Gasteiger partial charge is 0.305 e. The van der Waals surface area contributed by atoms with Crippen molar-refractivity contribution in [3.63, 3.8) is 0 Å². The zero-order valence-corrected chi connectivity index (χ0v) is 19.3. The van der Waals surface area contributed by atoms with Crippen LogP contribution in [0.4, 0.5) is 5.69 Å². The van der Waals surface area contributed by atoms with Gasteiger partial charge in [-0.3, -0.25) is 19.9 Å². The highest BCUT2D eigenvalue weighted by atomic mass is 32.2. The third-order valence-corrected chi connectivity index (χ3v) is 9.11. The predicted molar refractivity (Wildman–Crippen MR) is 131 cm³/mol. The Morgan fingerprint density at radius 1 is 1.06 bits per heavy atom. The summed E-state index contributed by atoms with van der Waals surface area (Å²) in [6.07, 6.45) is 1.80. The molecule has 0 radical (unpaired) electrons. The van der Waals surface area contributed by atoms with E-state index in [0.717, 1.165) is 27.3 Å². The molecule has 0 aliphatic carbocycles. The monoisotopic (exact) mass is 473 g/mol. The van der Waals surface area contributed by atoms with Crippen molar-refractivity contribution in [3.05, 3.63) is 106 Å². The number of thioether (sulfide) groups is 2. The minimum Gasteiger partial charge on any atom is -0.305 e. The van der Waals surface area contributed by atoms with Gasteiger partial charge in [-0.15, -0.1) is 11.8 Å². The Balaban J connectivity index is 1.61. The van der Waals surface area contributed by atoms with Crippen LogP contribution in [0.5, 0.6) is 0 Å². The highest BCUT2D eigenvalue weighted by Crippen LogP contribution is 2.68. The molecular weight excluding hydrogens is 454 g/mol. The number of fused-ring (bicyclic) bond motifs is 6. The van der Waals surface area contributed by atoms with Gasteiger partial charge in [0.05, 0.1) is 12.2 Å². The van der Waals surface area contributed by atoms with Crippen LogP contribution in [0, 0.1) is 10.1 Å². The molecule has 3 aromatic carbocycles. The Labute approximate surface area is 199 Å². The lowest BCUT2D eigenvalue weighted by Gasteiger charge is -2.29. The number of hydrogen-bond acceptors (Lipinski definition) is 6. The van der Waals surface area contributed by atoms with E-state index in [1.54, 1.807) is 11.2 Å². The quantitative estimate of drug-likeness (QED) is 0.392. The summed E-state index contributed by atoms with van der Waals surface area (Å²) in [4.78, 5) is 32.9. The van der Waals surface area contributed by atoms with Gasteiger partial charge in [-0.1, -0.05) is 66.7 Å². The average molecular weight is 474 g/mol. The minimum absolute atomic E-state index is 0.204. The number of amides is 1. The Morgan fingerprint density at radius 2 is 1.76 bits per heavy atom. The van der Waals surface area contributed by atoms with Crippen LogP contribution in [0.25, 0.3) is 0 Å². The summed E-state index contributed by atoms with van der Waals surface area (Å²) in [7, 11) is 0. The number of para-hydroxylation sites is 1. The second kappa shape index (κ2) is 7.20. The van der Waals surface area contributed by atoms with Crippen molar-refractivity contribution in [1.29, 1.82) is 0 Å². The molecule has 0 unspecified atom stereocenters.